The van der Waals surface area contributed by atoms with E-state index >= 15 is 0 Å². The van der Waals surface area contributed by atoms with Crippen LogP contribution in [0.25, 0.3) is 0 Å². The Bertz CT molecular complexity index is 423. The second-order valence-corrected chi connectivity index (χ2v) is 6.52. The molecule has 1 aliphatic heterocycles. The smallest absolute Gasteiger partial charge is 0.0693 e. The van der Waals surface area contributed by atoms with E-state index in [1.807, 2.05) is 12.1 Å². The van der Waals surface area contributed by atoms with Crippen molar-refractivity contribution in [3.8, 4) is 0 Å². The first-order chi connectivity index (χ1) is 10.1. The van der Waals surface area contributed by atoms with Crippen LogP contribution in [0.1, 0.15) is 38.3 Å². The van der Waals surface area contributed by atoms with Crippen LogP contribution in [0.2, 0.25) is 5.02 Å². The Morgan fingerprint density at radius 2 is 2.10 bits per heavy atom. The zero-order valence-electron chi connectivity index (χ0n) is 13.1. The topological polar surface area (TPSA) is 35.5 Å². The van der Waals surface area contributed by atoms with E-state index in [0.29, 0.717) is 12.0 Å². The number of hydrogen-bond donors (Lipinski definition) is 2. The van der Waals surface area contributed by atoms with Gasteiger partial charge in [0.15, 0.2) is 0 Å². The molecule has 1 aliphatic rings. The molecule has 0 aromatic heterocycles. The van der Waals surface area contributed by atoms with Gasteiger partial charge in [-0.15, -0.1) is 0 Å². The number of nitrogens with zero attached hydrogens (tertiary/aromatic N) is 1. The minimum absolute atomic E-state index is 0.174. The lowest BCUT2D eigenvalue weighted by molar-refractivity contribution is 0.0278. The van der Waals surface area contributed by atoms with Gasteiger partial charge in [0.1, 0.15) is 0 Å². The molecule has 2 N–H and O–H groups in total. The minimum Gasteiger partial charge on any atom is -0.392 e. The molecule has 1 aromatic carbocycles. The van der Waals surface area contributed by atoms with Crippen molar-refractivity contribution in [3.63, 3.8) is 0 Å². The van der Waals surface area contributed by atoms with E-state index in [9.17, 15) is 5.11 Å². The van der Waals surface area contributed by atoms with Crippen molar-refractivity contribution in [1.82, 2.24) is 10.2 Å². The van der Waals surface area contributed by atoms with Gasteiger partial charge in [0.2, 0.25) is 0 Å². The molecule has 3 nitrogen and oxygen atoms in total. The molecule has 1 fully saturated rings. The summed E-state index contributed by atoms with van der Waals surface area (Å²) in [6, 6.07) is 8.45. The molecular weight excluding hydrogens is 284 g/mol. The number of benzene rings is 1. The first kappa shape index (κ1) is 16.8. The summed E-state index contributed by atoms with van der Waals surface area (Å²) < 4.78 is 0. The number of halogens is 1. The highest BCUT2D eigenvalue weighted by Gasteiger charge is 2.24. The minimum atomic E-state index is -0.174. The first-order valence-corrected chi connectivity index (χ1v) is 8.37. The van der Waals surface area contributed by atoms with Gasteiger partial charge in [0.05, 0.1) is 6.10 Å². The molecule has 1 saturated heterocycles. The molecule has 21 heavy (non-hydrogen) atoms. The lowest BCUT2D eigenvalue weighted by Crippen LogP contribution is -2.43. The van der Waals surface area contributed by atoms with Gasteiger partial charge >= 0.3 is 0 Å². The maximum atomic E-state index is 9.99. The average Bonchev–Trinajstić information content (AvgIpc) is 2.48. The van der Waals surface area contributed by atoms with Crippen LogP contribution < -0.4 is 5.32 Å². The van der Waals surface area contributed by atoms with Gasteiger partial charge in [-0.2, -0.15) is 0 Å². The summed E-state index contributed by atoms with van der Waals surface area (Å²) >= 11 is 5.97. The third kappa shape index (κ3) is 4.96. The number of piperidine rings is 1. The monoisotopic (exact) mass is 310 g/mol. The van der Waals surface area contributed by atoms with Crippen molar-refractivity contribution in [1.29, 1.82) is 0 Å². The number of likely N-dealkylation sites (tertiary alicyclic amines) is 1. The van der Waals surface area contributed by atoms with E-state index in [1.165, 1.54) is 5.56 Å². The number of aliphatic hydroxyl groups excluding tert-OH is 1. The fraction of sp³-hybridized carbons (Fsp3) is 0.647. The van der Waals surface area contributed by atoms with Crippen molar-refractivity contribution >= 4 is 11.6 Å². The molecule has 1 aromatic rings. The third-order valence-corrected chi connectivity index (χ3v) is 4.71. The van der Waals surface area contributed by atoms with Crippen LogP contribution >= 0.6 is 11.6 Å². The predicted octanol–water partition coefficient (Wildman–Crippen LogP) is 3.08. The quantitative estimate of drug-likeness (QED) is 0.847. The molecule has 2 rings (SSSR count). The number of β-amino-alcohol motifs (C(OH)–C–C–N with tert-alkyl or cyclic N) is 1. The van der Waals surface area contributed by atoms with Gasteiger partial charge in [0.25, 0.3) is 0 Å². The van der Waals surface area contributed by atoms with Crippen LogP contribution in [0.5, 0.6) is 0 Å². The summed E-state index contributed by atoms with van der Waals surface area (Å²) in [7, 11) is 0. The fourth-order valence-corrected chi connectivity index (χ4v) is 3.08. The maximum absolute atomic E-state index is 9.99. The Labute approximate surface area is 133 Å². The van der Waals surface area contributed by atoms with Crippen LogP contribution in [0.4, 0.5) is 0 Å². The lowest BCUT2D eigenvalue weighted by atomic mass is 9.95. The molecule has 0 bridgehead atoms. The standard InChI is InChI=1S/C17H27ClN2O/c1-3-19-16(14-4-6-15(18)7-5-14)9-11-20-10-8-13(2)17(21)12-20/h4-7,13,16-17,19,21H,3,8-12H2,1-2H3. The number of rotatable bonds is 6. The highest BCUT2D eigenvalue weighted by molar-refractivity contribution is 6.30. The Kier molecular flexibility index (Phi) is 6.49. The highest BCUT2D eigenvalue weighted by atomic mass is 35.5. The zero-order chi connectivity index (χ0) is 15.2. The van der Waals surface area contributed by atoms with Crippen LogP contribution in [0, 0.1) is 5.92 Å². The Morgan fingerprint density at radius 3 is 2.71 bits per heavy atom. The third-order valence-electron chi connectivity index (χ3n) is 4.46. The summed E-state index contributed by atoms with van der Waals surface area (Å²) in [4.78, 5) is 2.38. The first-order valence-electron chi connectivity index (χ1n) is 7.99. The molecule has 0 radical (unpaired) electrons. The van der Waals surface area contributed by atoms with Gasteiger partial charge in [-0.3, -0.25) is 0 Å². The second-order valence-electron chi connectivity index (χ2n) is 6.08. The maximum Gasteiger partial charge on any atom is 0.0693 e. The molecule has 0 spiro atoms. The van der Waals surface area contributed by atoms with Crippen molar-refractivity contribution in [2.24, 2.45) is 5.92 Å². The van der Waals surface area contributed by atoms with Crippen molar-refractivity contribution in [3.05, 3.63) is 34.9 Å². The van der Waals surface area contributed by atoms with E-state index in [-0.39, 0.29) is 6.10 Å². The van der Waals surface area contributed by atoms with Crippen molar-refractivity contribution in [2.45, 2.75) is 38.8 Å². The van der Waals surface area contributed by atoms with Gasteiger partial charge in [-0.25, -0.2) is 0 Å². The molecule has 0 amide bonds. The molecule has 1 heterocycles. The highest BCUT2D eigenvalue weighted by Crippen LogP contribution is 2.22. The molecule has 4 heteroatoms. The average molecular weight is 311 g/mol. The molecule has 3 atom stereocenters. The van der Waals surface area contributed by atoms with Crippen LogP contribution in [0.3, 0.4) is 0 Å². The SMILES string of the molecule is CCNC(CCN1CCC(C)C(O)C1)c1ccc(Cl)cc1. The van der Waals surface area contributed by atoms with Gasteiger partial charge in [0, 0.05) is 24.2 Å². The molecular formula is C17H27ClN2O. The van der Waals surface area contributed by atoms with Gasteiger partial charge < -0.3 is 15.3 Å². The van der Waals surface area contributed by atoms with Crippen LogP contribution in [-0.4, -0.2) is 42.3 Å². The summed E-state index contributed by atoms with van der Waals surface area (Å²) in [5.41, 5.74) is 1.28. The van der Waals surface area contributed by atoms with Crippen molar-refractivity contribution in [2.75, 3.05) is 26.2 Å². The molecule has 0 aliphatic carbocycles. The largest absolute Gasteiger partial charge is 0.392 e. The number of hydrogen-bond acceptors (Lipinski definition) is 3. The van der Waals surface area contributed by atoms with Crippen LogP contribution in [-0.2, 0) is 0 Å². The Hall–Kier alpha value is -0.610. The molecule has 3 unspecified atom stereocenters. The normalized spacial score (nSPS) is 25.0. The number of aliphatic hydroxyl groups is 1. The summed E-state index contributed by atoms with van der Waals surface area (Å²) in [5.74, 6) is 0.432. The Morgan fingerprint density at radius 1 is 1.38 bits per heavy atom. The molecule has 118 valence electrons. The molecule has 0 saturated carbocycles. The van der Waals surface area contributed by atoms with E-state index in [2.05, 4.69) is 36.2 Å². The number of nitrogens with one attached hydrogen (secondary N) is 1. The fourth-order valence-electron chi connectivity index (χ4n) is 2.96. The predicted molar refractivity (Wildman–Crippen MR) is 88.7 cm³/mol. The van der Waals surface area contributed by atoms with E-state index in [0.717, 1.165) is 44.0 Å². The van der Waals surface area contributed by atoms with E-state index < -0.39 is 0 Å². The van der Waals surface area contributed by atoms with Gasteiger partial charge in [-0.1, -0.05) is 37.6 Å². The van der Waals surface area contributed by atoms with E-state index in [1.54, 1.807) is 0 Å². The lowest BCUT2D eigenvalue weighted by Gasteiger charge is -2.35. The summed E-state index contributed by atoms with van der Waals surface area (Å²) in [6.07, 6.45) is 1.97. The van der Waals surface area contributed by atoms with Crippen LogP contribution in [0.15, 0.2) is 24.3 Å². The summed E-state index contributed by atoms with van der Waals surface area (Å²) in [6.45, 7) is 8.14. The zero-order valence-corrected chi connectivity index (χ0v) is 13.8. The van der Waals surface area contributed by atoms with Crippen molar-refractivity contribution < 1.29 is 5.11 Å². The second kappa shape index (κ2) is 8.14. The van der Waals surface area contributed by atoms with Gasteiger partial charge in [-0.05, 0) is 49.5 Å². The Balaban J connectivity index is 1.89. The van der Waals surface area contributed by atoms with E-state index in [4.69, 9.17) is 11.6 Å². The summed E-state index contributed by atoms with van der Waals surface area (Å²) in [5, 5.41) is 14.3.